The van der Waals surface area contributed by atoms with Crippen LogP contribution in [0.3, 0.4) is 0 Å². The largest absolute Gasteiger partial charge is 0.394 e. The molecule has 0 aromatic rings. The van der Waals surface area contributed by atoms with Crippen molar-refractivity contribution in [2.75, 3.05) is 0 Å². The second kappa shape index (κ2) is 10.2. The van der Waals surface area contributed by atoms with Crippen LogP contribution in [-0.4, -0.2) is 17.2 Å². The molecule has 0 saturated carbocycles. The van der Waals surface area contributed by atoms with Crippen molar-refractivity contribution in [3.63, 3.8) is 0 Å². The Morgan fingerprint density at radius 2 is 2.00 bits per heavy atom. The number of halogens is 1. The van der Waals surface area contributed by atoms with E-state index in [-0.39, 0.29) is 12.1 Å². The monoisotopic (exact) mass is 274 g/mol. The van der Waals surface area contributed by atoms with Gasteiger partial charge in [-0.05, 0) is 20.3 Å². The van der Waals surface area contributed by atoms with Crippen molar-refractivity contribution >= 4 is 29.0 Å². The van der Waals surface area contributed by atoms with Crippen LogP contribution >= 0.6 is 23.0 Å². The van der Waals surface area contributed by atoms with E-state index < -0.39 is 0 Å². The fraction of sp³-hybridized carbons (Fsp3) is 0.857. The maximum Gasteiger partial charge on any atom is 0.315 e. The molecule has 1 N–H and O–H groups in total. The zero-order valence-corrected chi connectivity index (χ0v) is 9.29. The van der Waals surface area contributed by atoms with Gasteiger partial charge < -0.3 is 8.17 Å². The van der Waals surface area contributed by atoms with Gasteiger partial charge in [0, 0.05) is 12.5 Å². The average Bonchev–Trinajstić information content (AvgIpc) is 1.87. The minimum Gasteiger partial charge on any atom is -0.394 e. The van der Waals surface area contributed by atoms with Crippen molar-refractivity contribution in [2.24, 2.45) is 0 Å². The number of hydrogen-bond donors (Lipinski definition) is 1. The fourth-order valence-electron chi connectivity index (χ4n) is 0.243. The second-order valence-electron chi connectivity index (χ2n) is 2.29. The molecule has 0 spiro atoms. The number of rotatable bonds is 2. The predicted octanol–water partition coefficient (Wildman–Crippen LogP) is 2.07. The first-order valence-corrected chi connectivity index (χ1v) is 4.42. The highest BCUT2D eigenvalue weighted by atomic mass is 127. The van der Waals surface area contributed by atoms with Gasteiger partial charge in [-0.1, -0.05) is 6.92 Å². The lowest BCUT2D eigenvalue weighted by molar-refractivity contribution is -0.131. The van der Waals surface area contributed by atoms with E-state index in [1.807, 2.05) is 6.92 Å². The molecule has 0 aromatic heterocycles. The quantitative estimate of drug-likeness (QED) is 0.784. The highest BCUT2D eigenvalue weighted by Gasteiger charge is 1.94. The Balaban J connectivity index is 0. The molecule has 0 heterocycles. The molecule has 0 rings (SSSR count). The molecule has 0 fully saturated rings. The van der Waals surface area contributed by atoms with Crippen LogP contribution in [0.1, 0.15) is 33.6 Å². The van der Waals surface area contributed by atoms with Gasteiger partial charge >= 0.3 is 5.97 Å². The SMILES string of the molecule is CC(C)O.CCCC(=O)OI. The van der Waals surface area contributed by atoms with Gasteiger partial charge in [-0.3, -0.25) is 4.79 Å². The van der Waals surface area contributed by atoms with E-state index in [1.54, 1.807) is 36.9 Å². The summed E-state index contributed by atoms with van der Waals surface area (Å²) in [5, 5.41) is 8.06. The number of aliphatic hydroxyl groups excluding tert-OH is 1. The Labute approximate surface area is 81.8 Å². The first-order valence-electron chi connectivity index (χ1n) is 3.54. The van der Waals surface area contributed by atoms with Crippen LogP contribution in [0.2, 0.25) is 0 Å². The Kier molecular flexibility index (Phi) is 12.7. The average molecular weight is 274 g/mol. The Morgan fingerprint density at radius 3 is 2.09 bits per heavy atom. The number of aliphatic hydroxyl groups is 1. The molecule has 3 nitrogen and oxygen atoms in total. The van der Waals surface area contributed by atoms with Gasteiger partial charge in [0.2, 0.25) is 0 Å². The molecule has 0 radical (unpaired) electrons. The molecule has 11 heavy (non-hydrogen) atoms. The fourth-order valence-corrected chi connectivity index (χ4v) is 0.463. The molecular formula is C7H15IO3. The Morgan fingerprint density at radius 1 is 1.64 bits per heavy atom. The molecule has 0 aliphatic rings. The van der Waals surface area contributed by atoms with Crippen molar-refractivity contribution in [3.05, 3.63) is 0 Å². The summed E-state index contributed by atoms with van der Waals surface area (Å²) < 4.78 is 4.32. The normalized spacial score (nSPS) is 8.55. The highest BCUT2D eigenvalue weighted by Crippen LogP contribution is 1.94. The van der Waals surface area contributed by atoms with Gasteiger partial charge in [-0.25, -0.2) is 0 Å². The van der Waals surface area contributed by atoms with Gasteiger partial charge in [0.15, 0.2) is 23.0 Å². The molecule has 0 bridgehead atoms. The van der Waals surface area contributed by atoms with Crippen LogP contribution in [0.5, 0.6) is 0 Å². The summed E-state index contributed by atoms with van der Waals surface area (Å²) in [5.74, 6) is -0.136. The van der Waals surface area contributed by atoms with E-state index in [2.05, 4.69) is 3.07 Å². The predicted molar refractivity (Wildman–Crippen MR) is 52.4 cm³/mol. The van der Waals surface area contributed by atoms with Gasteiger partial charge in [0.05, 0.1) is 0 Å². The van der Waals surface area contributed by atoms with Crippen LogP contribution in [0, 0.1) is 0 Å². The van der Waals surface area contributed by atoms with Crippen molar-refractivity contribution < 1.29 is 13.0 Å². The van der Waals surface area contributed by atoms with Crippen molar-refractivity contribution in [2.45, 2.75) is 39.7 Å². The molecule has 0 aromatic carbocycles. The van der Waals surface area contributed by atoms with E-state index in [4.69, 9.17) is 5.11 Å². The van der Waals surface area contributed by atoms with Crippen molar-refractivity contribution in [1.29, 1.82) is 0 Å². The van der Waals surface area contributed by atoms with Gasteiger partial charge in [0.25, 0.3) is 0 Å². The minimum atomic E-state index is -0.167. The van der Waals surface area contributed by atoms with Crippen LogP contribution in [-0.2, 0) is 7.86 Å². The zero-order chi connectivity index (χ0) is 9.28. The van der Waals surface area contributed by atoms with E-state index in [1.165, 1.54) is 0 Å². The van der Waals surface area contributed by atoms with Gasteiger partial charge in [-0.2, -0.15) is 0 Å². The topological polar surface area (TPSA) is 46.5 Å². The standard InChI is InChI=1S/C4H7IO2.C3H8O/c1-2-3-4(6)7-5;1-3(2)4/h2-3H2,1H3;3-4H,1-2H3. The summed E-state index contributed by atoms with van der Waals surface area (Å²) in [6, 6.07) is 0. The van der Waals surface area contributed by atoms with Crippen molar-refractivity contribution in [1.82, 2.24) is 0 Å². The summed E-state index contributed by atoms with van der Waals surface area (Å²) in [6.07, 6.45) is 1.23. The van der Waals surface area contributed by atoms with E-state index in [9.17, 15) is 4.79 Å². The third kappa shape index (κ3) is 25.4. The highest BCUT2D eigenvalue weighted by molar-refractivity contribution is 14.1. The van der Waals surface area contributed by atoms with E-state index in [0.29, 0.717) is 6.42 Å². The molecule has 0 aliphatic carbocycles. The van der Waals surface area contributed by atoms with Crippen LogP contribution in [0.15, 0.2) is 0 Å². The molecular weight excluding hydrogens is 259 g/mol. The van der Waals surface area contributed by atoms with Crippen LogP contribution in [0.4, 0.5) is 0 Å². The molecule has 0 saturated heterocycles. The molecule has 0 atom stereocenters. The third-order valence-electron chi connectivity index (χ3n) is 0.540. The Hall–Kier alpha value is 0.160. The Bertz CT molecular complexity index is 90.9. The lowest BCUT2D eigenvalue weighted by Crippen LogP contribution is -1.92. The third-order valence-corrected chi connectivity index (χ3v) is 1.03. The zero-order valence-electron chi connectivity index (χ0n) is 7.13. The number of carbonyl (C=O) groups is 1. The summed E-state index contributed by atoms with van der Waals surface area (Å²) in [4.78, 5) is 10.2. The number of hydrogen-bond acceptors (Lipinski definition) is 3. The summed E-state index contributed by atoms with van der Waals surface area (Å²) in [6.45, 7) is 5.38. The molecule has 0 unspecified atom stereocenters. The maximum atomic E-state index is 10.2. The maximum absolute atomic E-state index is 10.2. The van der Waals surface area contributed by atoms with E-state index in [0.717, 1.165) is 6.42 Å². The molecule has 0 aliphatic heterocycles. The lowest BCUT2D eigenvalue weighted by atomic mass is 10.4. The molecule has 4 heteroatoms. The molecule has 68 valence electrons. The van der Waals surface area contributed by atoms with Gasteiger partial charge in [0.1, 0.15) is 0 Å². The van der Waals surface area contributed by atoms with Crippen molar-refractivity contribution in [3.8, 4) is 0 Å². The smallest absolute Gasteiger partial charge is 0.315 e. The lowest BCUT2D eigenvalue weighted by Gasteiger charge is -1.87. The molecule has 0 amide bonds. The van der Waals surface area contributed by atoms with Crippen LogP contribution < -0.4 is 0 Å². The van der Waals surface area contributed by atoms with E-state index >= 15 is 0 Å². The first kappa shape index (κ1) is 13.7. The number of carbonyl (C=O) groups excluding carboxylic acids is 1. The summed E-state index contributed by atoms with van der Waals surface area (Å²) in [7, 11) is 0. The van der Waals surface area contributed by atoms with Gasteiger partial charge in [-0.15, -0.1) is 0 Å². The minimum absolute atomic E-state index is 0.136. The summed E-state index contributed by atoms with van der Waals surface area (Å²) >= 11 is 1.59. The van der Waals surface area contributed by atoms with Crippen LogP contribution in [0.25, 0.3) is 0 Å². The summed E-state index contributed by atoms with van der Waals surface area (Å²) in [5.41, 5.74) is 0. The second-order valence-corrected chi connectivity index (χ2v) is 2.73. The first-order chi connectivity index (χ1) is 5.04.